The van der Waals surface area contributed by atoms with Gasteiger partial charge in [-0.1, -0.05) is 60.7 Å². The lowest BCUT2D eigenvalue weighted by molar-refractivity contribution is -0.138. The molecule has 0 radical (unpaired) electrons. The molecule has 3 rings (SSSR count). The average Bonchev–Trinajstić information content (AvgIpc) is 3.15. The highest BCUT2D eigenvalue weighted by Gasteiger charge is 2.27. The van der Waals surface area contributed by atoms with Crippen LogP contribution in [-0.2, 0) is 16.1 Å². The molecule has 2 aromatic carbocycles. The summed E-state index contributed by atoms with van der Waals surface area (Å²) in [5.41, 5.74) is 2.00. The first-order valence-electron chi connectivity index (χ1n) is 8.58. The maximum atomic E-state index is 12.6. The van der Waals surface area contributed by atoms with Crippen LogP contribution in [0.4, 0.5) is 0 Å². The molecule has 138 valence electrons. The number of amides is 1. The van der Waals surface area contributed by atoms with E-state index in [9.17, 15) is 9.59 Å². The molecule has 0 aliphatic heterocycles. The summed E-state index contributed by atoms with van der Waals surface area (Å²) in [6.45, 7) is 0.548. The average molecular weight is 363 g/mol. The van der Waals surface area contributed by atoms with Gasteiger partial charge in [0.2, 0.25) is 6.10 Å². The third kappa shape index (κ3) is 4.61. The van der Waals surface area contributed by atoms with E-state index in [0.29, 0.717) is 17.7 Å². The third-order valence-electron chi connectivity index (χ3n) is 4.05. The Morgan fingerprint density at radius 1 is 1.04 bits per heavy atom. The molecule has 0 N–H and O–H groups in total. The molecule has 1 atom stereocenters. The molecule has 27 heavy (non-hydrogen) atoms. The normalized spacial score (nSPS) is 11.6. The van der Waals surface area contributed by atoms with Crippen LogP contribution in [0.3, 0.4) is 0 Å². The van der Waals surface area contributed by atoms with Gasteiger partial charge in [0.1, 0.15) is 0 Å². The number of carbonyl (C=O) groups excluding carboxylic acids is 2. The minimum atomic E-state index is -0.994. The number of aromatic nitrogens is 2. The predicted octanol–water partition coefficient (Wildman–Crippen LogP) is 2.92. The van der Waals surface area contributed by atoms with Crippen LogP contribution in [0.5, 0.6) is 0 Å². The SMILES string of the molecule is CN(C)C(=O)[C@H](OC(=O)c1cnn(Cc2ccccc2)c1)c1ccccc1. The van der Waals surface area contributed by atoms with Gasteiger partial charge in [0.15, 0.2) is 0 Å². The van der Waals surface area contributed by atoms with Gasteiger partial charge in [-0.3, -0.25) is 9.48 Å². The summed E-state index contributed by atoms with van der Waals surface area (Å²) in [5.74, 6) is -0.885. The minimum absolute atomic E-state index is 0.300. The Kier molecular flexibility index (Phi) is 5.66. The van der Waals surface area contributed by atoms with Crippen molar-refractivity contribution in [1.82, 2.24) is 14.7 Å². The van der Waals surface area contributed by atoms with Crippen molar-refractivity contribution < 1.29 is 14.3 Å². The topological polar surface area (TPSA) is 64.4 Å². The molecule has 6 heteroatoms. The predicted molar refractivity (Wildman–Crippen MR) is 101 cm³/mol. The van der Waals surface area contributed by atoms with Crippen molar-refractivity contribution in [2.75, 3.05) is 14.1 Å². The van der Waals surface area contributed by atoms with Crippen molar-refractivity contribution in [3.63, 3.8) is 0 Å². The molecule has 6 nitrogen and oxygen atoms in total. The number of rotatable bonds is 6. The summed E-state index contributed by atoms with van der Waals surface area (Å²) >= 11 is 0. The van der Waals surface area contributed by atoms with E-state index in [2.05, 4.69) is 5.10 Å². The Hall–Kier alpha value is -3.41. The second kappa shape index (κ2) is 8.31. The van der Waals surface area contributed by atoms with Crippen LogP contribution in [0.15, 0.2) is 73.1 Å². The standard InChI is InChI=1S/C21H21N3O3/c1-23(2)20(25)19(17-11-7-4-8-12-17)27-21(26)18-13-22-24(15-18)14-16-9-5-3-6-10-16/h3-13,15,19H,14H2,1-2H3/t19-/m1/s1. The maximum absolute atomic E-state index is 12.6. The van der Waals surface area contributed by atoms with Crippen LogP contribution in [0.1, 0.15) is 27.6 Å². The molecule has 0 spiro atoms. The van der Waals surface area contributed by atoms with Crippen LogP contribution in [0.25, 0.3) is 0 Å². The molecule has 1 aromatic heterocycles. The fourth-order valence-electron chi connectivity index (χ4n) is 2.62. The number of carbonyl (C=O) groups is 2. The van der Waals surface area contributed by atoms with Crippen molar-refractivity contribution in [3.05, 3.63) is 89.7 Å². The number of hydrogen-bond donors (Lipinski definition) is 0. The zero-order valence-corrected chi connectivity index (χ0v) is 15.3. The second-order valence-electron chi connectivity index (χ2n) is 6.34. The number of benzene rings is 2. The second-order valence-corrected chi connectivity index (χ2v) is 6.34. The first kappa shape index (κ1) is 18.4. The molecule has 0 saturated carbocycles. The largest absolute Gasteiger partial charge is 0.444 e. The Morgan fingerprint density at radius 3 is 2.30 bits per heavy atom. The minimum Gasteiger partial charge on any atom is -0.444 e. The van der Waals surface area contributed by atoms with Crippen LogP contribution in [0, 0.1) is 0 Å². The maximum Gasteiger partial charge on any atom is 0.342 e. The molecule has 0 saturated heterocycles. The number of ether oxygens (including phenoxy) is 1. The Morgan fingerprint density at radius 2 is 1.67 bits per heavy atom. The van der Waals surface area contributed by atoms with Gasteiger partial charge in [0.05, 0.1) is 18.3 Å². The highest BCUT2D eigenvalue weighted by molar-refractivity contribution is 5.92. The summed E-state index contributed by atoms with van der Waals surface area (Å²) in [6.07, 6.45) is 2.08. The van der Waals surface area contributed by atoms with E-state index >= 15 is 0 Å². The smallest absolute Gasteiger partial charge is 0.342 e. The van der Waals surface area contributed by atoms with Crippen LogP contribution >= 0.6 is 0 Å². The fraction of sp³-hybridized carbons (Fsp3) is 0.190. The van der Waals surface area contributed by atoms with Crippen LogP contribution < -0.4 is 0 Å². The van der Waals surface area contributed by atoms with Gasteiger partial charge in [-0.2, -0.15) is 5.10 Å². The monoisotopic (exact) mass is 363 g/mol. The lowest BCUT2D eigenvalue weighted by atomic mass is 10.1. The number of likely N-dealkylation sites (N-methyl/N-ethyl adjacent to an activating group) is 1. The molecular formula is C21H21N3O3. The Balaban J connectivity index is 1.75. The van der Waals surface area contributed by atoms with E-state index in [0.717, 1.165) is 5.56 Å². The van der Waals surface area contributed by atoms with Gasteiger partial charge < -0.3 is 9.64 Å². The summed E-state index contributed by atoms with van der Waals surface area (Å²) in [7, 11) is 3.26. The quantitative estimate of drug-likeness (QED) is 0.632. The van der Waals surface area contributed by atoms with Gasteiger partial charge in [-0.05, 0) is 5.56 Å². The zero-order chi connectivity index (χ0) is 19.2. The summed E-state index contributed by atoms with van der Waals surface area (Å²) in [5, 5.41) is 4.21. The van der Waals surface area contributed by atoms with Gasteiger partial charge in [-0.25, -0.2) is 4.79 Å². The van der Waals surface area contributed by atoms with Crippen LogP contribution in [-0.4, -0.2) is 40.7 Å². The molecule has 1 heterocycles. The van der Waals surface area contributed by atoms with Crippen molar-refractivity contribution in [2.45, 2.75) is 12.6 Å². The first-order chi connectivity index (χ1) is 13.0. The van der Waals surface area contributed by atoms with E-state index in [1.165, 1.54) is 11.1 Å². The van der Waals surface area contributed by atoms with Gasteiger partial charge in [-0.15, -0.1) is 0 Å². The lowest BCUT2D eigenvalue weighted by Crippen LogP contribution is -2.31. The van der Waals surface area contributed by atoms with Crippen molar-refractivity contribution in [2.24, 2.45) is 0 Å². The molecule has 0 fully saturated rings. The number of esters is 1. The molecule has 0 aliphatic rings. The highest BCUT2D eigenvalue weighted by atomic mass is 16.5. The lowest BCUT2D eigenvalue weighted by Gasteiger charge is -2.20. The first-order valence-corrected chi connectivity index (χ1v) is 8.58. The molecule has 1 amide bonds. The van der Waals surface area contributed by atoms with Gasteiger partial charge in [0, 0.05) is 25.9 Å². The van der Waals surface area contributed by atoms with Gasteiger partial charge in [0.25, 0.3) is 5.91 Å². The molecule has 0 unspecified atom stereocenters. The van der Waals surface area contributed by atoms with E-state index < -0.39 is 12.1 Å². The summed E-state index contributed by atoms with van der Waals surface area (Å²) < 4.78 is 7.19. The zero-order valence-electron chi connectivity index (χ0n) is 15.3. The summed E-state index contributed by atoms with van der Waals surface area (Å²) in [4.78, 5) is 26.5. The van der Waals surface area contributed by atoms with E-state index in [1.54, 1.807) is 49.2 Å². The highest BCUT2D eigenvalue weighted by Crippen LogP contribution is 2.21. The van der Waals surface area contributed by atoms with E-state index in [-0.39, 0.29) is 5.91 Å². The molecule has 3 aromatic rings. The third-order valence-corrected chi connectivity index (χ3v) is 4.05. The fourth-order valence-corrected chi connectivity index (χ4v) is 2.62. The van der Waals surface area contributed by atoms with Crippen LogP contribution in [0.2, 0.25) is 0 Å². The molecule has 0 bridgehead atoms. The van der Waals surface area contributed by atoms with Crippen molar-refractivity contribution in [3.8, 4) is 0 Å². The van der Waals surface area contributed by atoms with E-state index in [1.807, 2.05) is 36.4 Å². The van der Waals surface area contributed by atoms with Crippen molar-refractivity contribution in [1.29, 1.82) is 0 Å². The Bertz CT molecular complexity index is 905. The van der Waals surface area contributed by atoms with Crippen molar-refractivity contribution >= 4 is 11.9 Å². The van der Waals surface area contributed by atoms with E-state index in [4.69, 9.17) is 4.74 Å². The molecule has 0 aliphatic carbocycles. The summed E-state index contributed by atoms with van der Waals surface area (Å²) in [6, 6.07) is 18.8. The number of nitrogens with zero attached hydrogens (tertiary/aromatic N) is 3. The molecular weight excluding hydrogens is 342 g/mol. The van der Waals surface area contributed by atoms with Gasteiger partial charge >= 0.3 is 5.97 Å². The Labute approximate surface area is 158 Å². The number of hydrogen-bond acceptors (Lipinski definition) is 4.